The Bertz CT molecular complexity index is 424. The number of hydrogen-bond donors (Lipinski definition) is 1. The van der Waals surface area contributed by atoms with Gasteiger partial charge < -0.3 is 10.1 Å². The Balaban J connectivity index is 2.53. The maximum Gasteiger partial charge on any atom is 0.573 e. The van der Waals surface area contributed by atoms with E-state index in [9.17, 15) is 18.0 Å². The summed E-state index contributed by atoms with van der Waals surface area (Å²) in [5.41, 5.74) is 0.683. The van der Waals surface area contributed by atoms with Crippen molar-refractivity contribution in [2.45, 2.75) is 19.8 Å². The van der Waals surface area contributed by atoms with Crippen LogP contribution in [0, 0.1) is 0 Å². The second kappa shape index (κ2) is 6.09. The Labute approximate surface area is 102 Å². The van der Waals surface area contributed by atoms with Crippen LogP contribution in [0.3, 0.4) is 0 Å². The van der Waals surface area contributed by atoms with E-state index in [-0.39, 0.29) is 18.2 Å². The standard InChI is InChI=1S/C12H12F3NO2/c1-2-3-11(17)16-8-9-4-6-10(7-5-9)18-12(13,14)15/h2-7H,8H2,1H3,(H,16,17)/b3-2+. The van der Waals surface area contributed by atoms with Gasteiger partial charge >= 0.3 is 6.36 Å². The number of nitrogens with one attached hydrogen (secondary N) is 1. The molecule has 0 radical (unpaired) electrons. The summed E-state index contributed by atoms with van der Waals surface area (Å²) in [6.45, 7) is 1.96. The van der Waals surface area contributed by atoms with Crippen LogP contribution in [0.5, 0.6) is 5.75 Å². The van der Waals surface area contributed by atoms with E-state index >= 15 is 0 Å². The van der Waals surface area contributed by atoms with Crippen molar-refractivity contribution >= 4 is 5.91 Å². The van der Waals surface area contributed by atoms with Crippen molar-refractivity contribution in [1.82, 2.24) is 5.32 Å². The van der Waals surface area contributed by atoms with Gasteiger partial charge in [-0.05, 0) is 30.7 Å². The molecule has 0 aliphatic carbocycles. The fourth-order valence-corrected chi connectivity index (χ4v) is 1.21. The van der Waals surface area contributed by atoms with Crippen molar-refractivity contribution in [3.63, 3.8) is 0 Å². The van der Waals surface area contributed by atoms with E-state index in [1.165, 1.54) is 30.3 Å². The summed E-state index contributed by atoms with van der Waals surface area (Å²) >= 11 is 0. The molecule has 18 heavy (non-hydrogen) atoms. The van der Waals surface area contributed by atoms with E-state index in [4.69, 9.17) is 0 Å². The van der Waals surface area contributed by atoms with Crippen molar-refractivity contribution < 1.29 is 22.7 Å². The van der Waals surface area contributed by atoms with E-state index in [2.05, 4.69) is 10.1 Å². The van der Waals surface area contributed by atoms with Crippen molar-refractivity contribution in [3.8, 4) is 5.75 Å². The Hall–Kier alpha value is -1.98. The van der Waals surface area contributed by atoms with Crippen LogP contribution in [0.2, 0.25) is 0 Å². The number of carbonyl (C=O) groups is 1. The van der Waals surface area contributed by atoms with Crippen LogP contribution in [0.15, 0.2) is 36.4 Å². The number of carbonyl (C=O) groups excluding carboxylic acids is 1. The molecule has 0 spiro atoms. The molecule has 1 amide bonds. The molecular formula is C12H12F3NO2. The Morgan fingerprint density at radius 3 is 2.44 bits per heavy atom. The highest BCUT2D eigenvalue weighted by molar-refractivity contribution is 5.87. The predicted octanol–water partition coefficient (Wildman–Crippen LogP) is 2.78. The Morgan fingerprint density at radius 1 is 1.33 bits per heavy atom. The van der Waals surface area contributed by atoms with Crippen LogP contribution in [0.1, 0.15) is 12.5 Å². The van der Waals surface area contributed by atoms with E-state index in [1.54, 1.807) is 13.0 Å². The predicted molar refractivity (Wildman–Crippen MR) is 59.8 cm³/mol. The SMILES string of the molecule is C/C=C/C(=O)NCc1ccc(OC(F)(F)F)cc1. The van der Waals surface area contributed by atoms with Crippen LogP contribution < -0.4 is 10.1 Å². The summed E-state index contributed by atoms with van der Waals surface area (Å²) in [6.07, 6.45) is -1.74. The molecule has 0 saturated carbocycles. The molecule has 1 N–H and O–H groups in total. The molecule has 1 rings (SSSR count). The number of hydrogen-bond acceptors (Lipinski definition) is 2. The summed E-state index contributed by atoms with van der Waals surface area (Å²) in [5.74, 6) is -0.542. The van der Waals surface area contributed by atoms with E-state index in [1.807, 2.05) is 0 Å². The number of alkyl halides is 3. The highest BCUT2D eigenvalue weighted by Gasteiger charge is 2.30. The van der Waals surface area contributed by atoms with Crippen molar-refractivity contribution in [2.75, 3.05) is 0 Å². The zero-order chi connectivity index (χ0) is 13.6. The second-order valence-corrected chi connectivity index (χ2v) is 3.41. The number of amides is 1. The summed E-state index contributed by atoms with van der Waals surface area (Å²) < 4.78 is 39.4. The fourth-order valence-electron chi connectivity index (χ4n) is 1.21. The lowest BCUT2D eigenvalue weighted by molar-refractivity contribution is -0.274. The Morgan fingerprint density at radius 2 is 1.94 bits per heavy atom. The lowest BCUT2D eigenvalue weighted by Crippen LogP contribution is -2.20. The third kappa shape index (κ3) is 5.38. The first-order chi connectivity index (χ1) is 8.40. The molecule has 0 unspecified atom stereocenters. The minimum atomic E-state index is -4.69. The molecule has 0 bridgehead atoms. The minimum absolute atomic E-state index is 0.246. The highest BCUT2D eigenvalue weighted by atomic mass is 19.4. The zero-order valence-electron chi connectivity index (χ0n) is 9.62. The Kier molecular flexibility index (Phi) is 4.76. The maximum absolute atomic E-state index is 11.9. The summed E-state index contributed by atoms with van der Waals surface area (Å²) in [4.78, 5) is 11.1. The number of ether oxygens (including phenoxy) is 1. The first-order valence-corrected chi connectivity index (χ1v) is 5.16. The van der Waals surface area contributed by atoms with Crippen LogP contribution in [0.25, 0.3) is 0 Å². The number of rotatable bonds is 4. The topological polar surface area (TPSA) is 38.3 Å². The van der Waals surface area contributed by atoms with E-state index < -0.39 is 6.36 Å². The third-order valence-corrected chi connectivity index (χ3v) is 1.94. The van der Waals surface area contributed by atoms with Gasteiger partial charge in [0.25, 0.3) is 0 Å². The number of benzene rings is 1. The molecule has 98 valence electrons. The smallest absolute Gasteiger partial charge is 0.406 e. The van der Waals surface area contributed by atoms with Gasteiger partial charge in [-0.25, -0.2) is 0 Å². The van der Waals surface area contributed by atoms with E-state index in [0.29, 0.717) is 5.56 Å². The molecule has 1 aromatic rings. The van der Waals surface area contributed by atoms with Crippen LogP contribution in [0.4, 0.5) is 13.2 Å². The normalized spacial score (nSPS) is 11.6. The molecule has 3 nitrogen and oxygen atoms in total. The summed E-state index contributed by atoms with van der Waals surface area (Å²) in [6, 6.07) is 5.31. The summed E-state index contributed by atoms with van der Waals surface area (Å²) in [5, 5.41) is 2.58. The quantitative estimate of drug-likeness (QED) is 0.844. The molecule has 0 atom stereocenters. The lowest BCUT2D eigenvalue weighted by Gasteiger charge is -2.09. The molecule has 6 heteroatoms. The van der Waals surface area contributed by atoms with Gasteiger partial charge in [0.15, 0.2) is 0 Å². The van der Waals surface area contributed by atoms with Gasteiger partial charge in [-0.15, -0.1) is 13.2 Å². The van der Waals surface area contributed by atoms with Crippen LogP contribution in [-0.2, 0) is 11.3 Å². The zero-order valence-corrected chi connectivity index (χ0v) is 9.62. The van der Waals surface area contributed by atoms with Crippen LogP contribution >= 0.6 is 0 Å². The van der Waals surface area contributed by atoms with Crippen molar-refractivity contribution in [3.05, 3.63) is 42.0 Å². The molecular weight excluding hydrogens is 247 g/mol. The lowest BCUT2D eigenvalue weighted by atomic mass is 10.2. The van der Waals surface area contributed by atoms with Gasteiger partial charge in [-0.1, -0.05) is 18.2 Å². The average Bonchev–Trinajstić information content (AvgIpc) is 2.26. The van der Waals surface area contributed by atoms with Crippen molar-refractivity contribution in [2.24, 2.45) is 0 Å². The first-order valence-electron chi connectivity index (χ1n) is 5.16. The van der Waals surface area contributed by atoms with E-state index in [0.717, 1.165) is 0 Å². The third-order valence-electron chi connectivity index (χ3n) is 1.94. The molecule has 1 aromatic carbocycles. The van der Waals surface area contributed by atoms with Gasteiger partial charge in [0.2, 0.25) is 5.91 Å². The van der Waals surface area contributed by atoms with Gasteiger partial charge in [0, 0.05) is 6.54 Å². The molecule has 0 aromatic heterocycles. The van der Waals surface area contributed by atoms with Crippen LogP contribution in [-0.4, -0.2) is 12.3 Å². The van der Waals surface area contributed by atoms with Gasteiger partial charge in [-0.3, -0.25) is 4.79 Å². The van der Waals surface area contributed by atoms with Gasteiger partial charge in [0.05, 0.1) is 0 Å². The molecule has 0 saturated heterocycles. The van der Waals surface area contributed by atoms with Gasteiger partial charge in [0.1, 0.15) is 5.75 Å². The largest absolute Gasteiger partial charge is 0.573 e. The molecule has 0 heterocycles. The average molecular weight is 259 g/mol. The number of allylic oxidation sites excluding steroid dienone is 1. The molecule has 0 aliphatic rings. The molecule has 0 aliphatic heterocycles. The second-order valence-electron chi connectivity index (χ2n) is 3.41. The fraction of sp³-hybridized carbons (Fsp3) is 0.250. The summed E-state index contributed by atoms with van der Waals surface area (Å²) in [7, 11) is 0. The molecule has 0 fully saturated rings. The monoisotopic (exact) mass is 259 g/mol. The number of halogens is 3. The van der Waals surface area contributed by atoms with Gasteiger partial charge in [-0.2, -0.15) is 0 Å². The van der Waals surface area contributed by atoms with Crippen molar-refractivity contribution in [1.29, 1.82) is 0 Å². The minimum Gasteiger partial charge on any atom is -0.406 e. The maximum atomic E-state index is 11.9. The first kappa shape index (κ1) is 14.1. The highest BCUT2D eigenvalue weighted by Crippen LogP contribution is 2.22.